The summed E-state index contributed by atoms with van der Waals surface area (Å²) >= 11 is 0. The average Bonchev–Trinajstić information content (AvgIpc) is 2.15. The molecule has 0 aromatic carbocycles. The van der Waals surface area contributed by atoms with Gasteiger partial charge in [-0.2, -0.15) is 0 Å². The minimum Gasteiger partial charge on any atom is -0.491 e. The SMILES string of the molecule is CCCOc1ccncc1OC. The molecular weight excluding hydrogens is 154 g/mol. The zero-order valence-corrected chi connectivity index (χ0v) is 7.41. The molecule has 1 heterocycles. The highest BCUT2D eigenvalue weighted by molar-refractivity contribution is 5.36. The molecule has 0 amide bonds. The van der Waals surface area contributed by atoms with Crippen LogP contribution < -0.4 is 9.47 Å². The fourth-order valence-corrected chi connectivity index (χ4v) is 0.852. The maximum atomic E-state index is 5.41. The minimum absolute atomic E-state index is 0.686. The van der Waals surface area contributed by atoms with E-state index >= 15 is 0 Å². The van der Waals surface area contributed by atoms with Gasteiger partial charge in [0.05, 0.1) is 19.9 Å². The Hall–Kier alpha value is -1.25. The highest BCUT2D eigenvalue weighted by Crippen LogP contribution is 2.24. The van der Waals surface area contributed by atoms with Crippen molar-refractivity contribution in [2.45, 2.75) is 13.3 Å². The van der Waals surface area contributed by atoms with Crippen molar-refractivity contribution >= 4 is 0 Å². The van der Waals surface area contributed by atoms with Crippen LogP contribution in [0.15, 0.2) is 18.5 Å². The van der Waals surface area contributed by atoms with Crippen LogP contribution in [0.1, 0.15) is 13.3 Å². The number of aromatic nitrogens is 1. The van der Waals surface area contributed by atoms with Gasteiger partial charge in [-0.1, -0.05) is 6.92 Å². The van der Waals surface area contributed by atoms with Gasteiger partial charge in [0.2, 0.25) is 0 Å². The van der Waals surface area contributed by atoms with E-state index < -0.39 is 0 Å². The summed E-state index contributed by atoms with van der Waals surface area (Å²) in [5.74, 6) is 1.44. The summed E-state index contributed by atoms with van der Waals surface area (Å²) in [6.45, 7) is 2.77. The second-order valence-corrected chi connectivity index (χ2v) is 2.37. The Morgan fingerprint density at radius 3 is 2.92 bits per heavy atom. The molecule has 0 aliphatic heterocycles. The van der Waals surface area contributed by atoms with Crippen molar-refractivity contribution < 1.29 is 9.47 Å². The van der Waals surface area contributed by atoms with Crippen LogP contribution in [0, 0.1) is 0 Å². The Morgan fingerprint density at radius 1 is 1.42 bits per heavy atom. The third-order valence-electron chi connectivity index (χ3n) is 1.43. The Bertz CT molecular complexity index is 238. The van der Waals surface area contributed by atoms with E-state index in [1.54, 1.807) is 25.6 Å². The molecule has 0 saturated heterocycles. The fourth-order valence-electron chi connectivity index (χ4n) is 0.852. The fraction of sp³-hybridized carbons (Fsp3) is 0.444. The second kappa shape index (κ2) is 4.59. The molecule has 3 heteroatoms. The smallest absolute Gasteiger partial charge is 0.179 e. The quantitative estimate of drug-likeness (QED) is 0.686. The molecule has 0 N–H and O–H groups in total. The molecule has 1 aromatic heterocycles. The lowest BCUT2D eigenvalue weighted by Crippen LogP contribution is -1.97. The maximum Gasteiger partial charge on any atom is 0.179 e. The van der Waals surface area contributed by atoms with E-state index in [-0.39, 0.29) is 0 Å². The number of nitrogens with zero attached hydrogens (tertiary/aromatic N) is 1. The van der Waals surface area contributed by atoms with Crippen LogP contribution in [0.2, 0.25) is 0 Å². The predicted molar refractivity (Wildman–Crippen MR) is 46.6 cm³/mol. The van der Waals surface area contributed by atoms with Crippen molar-refractivity contribution in [3.63, 3.8) is 0 Å². The van der Waals surface area contributed by atoms with E-state index in [4.69, 9.17) is 9.47 Å². The lowest BCUT2D eigenvalue weighted by molar-refractivity contribution is 0.293. The third kappa shape index (κ3) is 2.12. The van der Waals surface area contributed by atoms with Crippen LogP contribution in [0.25, 0.3) is 0 Å². The topological polar surface area (TPSA) is 31.4 Å². The first kappa shape index (κ1) is 8.84. The summed E-state index contributed by atoms with van der Waals surface area (Å²) in [5, 5.41) is 0. The summed E-state index contributed by atoms with van der Waals surface area (Å²) in [5.41, 5.74) is 0. The normalized spacial score (nSPS) is 9.50. The standard InChI is InChI=1S/C9H13NO2/c1-3-6-12-8-4-5-10-7-9(8)11-2/h4-5,7H,3,6H2,1-2H3. The molecule has 0 spiro atoms. The Labute approximate surface area is 72.3 Å². The Kier molecular flexibility index (Phi) is 3.38. The van der Waals surface area contributed by atoms with Crippen LogP contribution in [-0.2, 0) is 0 Å². The first-order valence-electron chi connectivity index (χ1n) is 3.99. The highest BCUT2D eigenvalue weighted by Gasteiger charge is 2.01. The Balaban J connectivity index is 2.68. The van der Waals surface area contributed by atoms with E-state index in [1.165, 1.54) is 0 Å². The Morgan fingerprint density at radius 2 is 2.25 bits per heavy atom. The van der Waals surface area contributed by atoms with Crippen molar-refractivity contribution in [2.75, 3.05) is 13.7 Å². The van der Waals surface area contributed by atoms with Gasteiger partial charge in [-0.05, 0) is 6.42 Å². The molecule has 1 aromatic rings. The van der Waals surface area contributed by atoms with Crippen LogP contribution in [-0.4, -0.2) is 18.7 Å². The molecule has 0 fully saturated rings. The molecule has 0 unspecified atom stereocenters. The lowest BCUT2D eigenvalue weighted by atomic mass is 10.4. The third-order valence-corrected chi connectivity index (χ3v) is 1.43. The number of methoxy groups -OCH3 is 1. The van der Waals surface area contributed by atoms with E-state index in [0.717, 1.165) is 12.2 Å². The summed E-state index contributed by atoms with van der Waals surface area (Å²) in [4.78, 5) is 3.92. The lowest BCUT2D eigenvalue weighted by Gasteiger charge is -2.07. The van der Waals surface area contributed by atoms with Crippen LogP contribution in [0.5, 0.6) is 11.5 Å². The van der Waals surface area contributed by atoms with Gasteiger partial charge < -0.3 is 9.47 Å². The molecule has 0 atom stereocenters. The van der Waals surface area contributed by atoms with Gasteiger partial charge in [-0.3, -0.25) is 4.98 Å². The molecule has 0 saturated carbocycles. The monoisotopic (exact) mass is 167 g/mol. The van der Waals surface area contributed by atoms with Gasteiger partial charge in [0.25, 0.3) is 0 Å². The molecule has 0 bridgehead atoms. The zero-order valence-electron chi connectivity index (χ0n) is 7.41. The number of hydrogen-bond acceptors (Lipinski definition) is 3. The molecule has 0 radical (unpaired) electrons. The first-order valence-corrected chi connectivity index (χ1v) is 3.99. The van der Waals surface area contributed by atoms with Gasteiger partial charge >= 0.3 is 0 Å². The van der Waals surface area contributed by atoms with Crippen LogP contribution in [0.4, 0.5) is 0 Å². The minimum atomic E-state index is 0.686. The van der Waals surface area contributed by atoms with Gasteiger partial charge in [0.1, 0.15) is 0 Å². The number of hydrogen-bond donors (Lipinski definition) is 0. The van der Waals surface area contributed by atoms with Crippen LogP contribution in [0.3, 0.4) is 0 Å². The first-order chi connectivity index (χ1) is 5.88. The summed E-state index contributed by atoms with van der Waals surface area (Å²) in [6, 6.07) is 1.80. The number of pyridine rings is 1. The molecule has 0 aliphatic carbocycles. The highest BCUT2D eigenvalue weighted by atomic mass is 16.5. The molecule has 3 nitrogen and oxygen atoms in total. The van der Waals surface area contributed by atoms with E-state index in [0.29, 0.717) is 12.4 Å². The van der Waals surface area contributed by atoms with Crippen molar-refractivity contribution in [1.29, 1.82) is 0 Å². The molecule has 1 rings (SSSR count). The maximum absolute atomic E-state index is 5.41. The van der Waals surface area contributed by atoms with Crippen LogP contribution >= 0.6 is 0 Å². The van der Waals surface area contributed by atoms with Crippen molar-refractivity contribution in [3.8, 4) is 11.5 Å². The van der Waals surface area contributed by atoms with Gasteiger partial charge in [0.15, 0.2) is 11.5 Å². The predicted octanol–water partition coefficient (Wildman–Crippen LogP) is 1.88. The van der Waals surface area contributed by atoms with Gasteiger partial charge in [-0.25, -0.2) is 0 Å². The largest absolute Gasteiger partial charge is 0.491 e. The average molecular weight is 167 g/mol. The summed E-state index contributed by atoms with van der Waals surface area (Å²) in [6.07, 6.45) is 4.32. The summed E-state index contributed by atoms with van der Waals surface area (Å²) in [7, 11) is 1.61. The molecule has 66 valence electrons. The van der Waals surface area contributed by atoms with Crippen molar-refractivity contribution in [2.24, 2.45) is 0 Å². The van der Waals surface area contributed by atoms with E-state index in [1.807, 2.05) is 0 Å². The van der Waals surface area contributed by atoms with Gasteiger partial charge in [0, 0.05) is 12.3 Å². The van der Waals surface area contributed by atoms with E-state index in [2.05, 4.69) is 11.9 Å². The number of ether oxygens (including phenoxy) is 2. The van der Waals surface area contributed by atoms with Gasteiger partial charge in [-0.15, -0.1) is 0 Å². The summed E-state index contributed by atoms with van der Waals surface area (Å²) < 4.78 is 10.5. The number of rotatable bonds is 4. The van der Waals surface area contributed by atoms with E-state index in [9.17, 15) is 0 Å². The zero-order chi connectivity index (χ0) is 8.81. The molecule has 12 heavy (non-hydrogen) atoms. The molecular formula is C9H13NO2. The second-order valence-electron chi connectivity index (χ2n) is 2.37. The van der Waals surface area contributed by atoms with Crippen molar-refractivity contribution in [3.05, 3.63) is 18.5 Å². The van der Waals surface area contributed by atoms with Crippen molar-refractivity contribution in [1.82, 2.24) is 4.98 Å². The molecule has 0 aliphatic rings.